The number of hydrogen-bond donors (Lipinski definition) is 4. The van der Waals surface area contributed by atoms with Crippen LogP contribution in [0.25, 0.3) is 5.65 Å². The highest BCUT2D eigenvalue weighted by Gasteiger charge is 2.45. The van der Waals surface area contributed by atoms with Crippen LogP contribution in [0.5, 0.6) is 0 Å². The molecule has 5 amide bonds. The Morgan fingerprint density at radius 1 is 1.06 bits per heavy atom. The summed E-state index contributed by atoms with van der Waals surface area (Å²) in [6, 6.07) is 8.07. The number of ether oxygens (including phenoxy) is 2. The van der Waals surface area contributed by atoms with Gasteiger partial charge in [0.1, 0.15) is 18.5 Å². The number of anilines is 2. The molecule has 0 bridgehead atoms. The second-order valence-electron chi connectivity index (χ2n) is 12.2. The van der Waals surface area contributed by atoms with Crippen molar-refractivity contribution in [2.24, 2.45) is 0 Å². The van der Waals surface area contributed by atoms with Gasteiger partial charge < -0.3 is 25.4 Å². The maximum atomic E-state index is 13.2. The van der Waals surface area contributed by atoms with Crippen LogP contribution in [0.3, 0.4) is 0 Å². The Hall–Kier alpha value is -5.31. The predicted octanol–water partition coefficient (Wildman–Crippen LogP) is 2.19. The van der Waals surface area contributed by atoms with Crippen LogP contribution in [-0.4, -0.2) is 93.5 Å². The largest absolute Gasteiger partial charge is 0.499 e. The number of fused-ring (bicyclic) bond motifs is 2. The van der Waals surface area contributed by atoms with Gasteiger partial charge in [-0.2, -0.15) is 9.61 Å². The molecular formula is C34H40N8O7. The zero-order chi connectivity index (χ0) is 34.3. The van der Waals surface area contributed by atoms with Crippen molar-refractivity contribution in [2.45, 2.75) is 70.0 Å². The Bertz CT molecular complexity index is 1770. The molecule has 4 N–H and O–H groups in total. The van der Waals surface area contributed by atoms with Gasteiger partial charge >= 0.3 is 0 Å². The zero-order valence-corrected chi connectivity index (χ0v) is 27.3. The number of aryl methyl sites for hydroxylation is 1. The van der Waals surface area contributed by atoms with Crippen molar-refractivity contribution in [1.29, 1.82) is 0 Å². The third-order valence-electron chi connectivity index (χ3n) is 8.74. The molecule has 2 aliphatic heterocycles. The molecule has 6 rings (SSSR count). The van der Waals surface area contributed by atoms with Gasteiger partial charge in [-0.05, 0) is 44.2 Å². The Kier molecular flexibility index (Phi) is 10.5. The molecule has 1 saturated heterocycles. The molecule has 2 aromatic heterocycles. The number of nitrogens with zero attached hydrogens (tertiary/aromatic N) is 4. The fourth-order valence-corrected chi connectivity index (χ4v) is 6.46. The van der Waals surface area contributed by atoms with Crippen LogP contribution in [0.4, 0.5) is 11.5 Å². The zero-order valence-electron chi connectivity index (χ0n) is 27.3. The lowest BCUT2D eigenvalue weighted by Crippen LogP contribution is -2.54. The molecule has 2 fully saturated rings. The van der Waals surface area contributed by atoms with E-state index in [0.29, 0.717) is 18.8 Å². The van der Waals surface area contributed by atoms with E-state index in [1.165, 1.54) is 12.3 Å². The van der Waals surface area contributed by atoms with Crippen molar-refractivity contribution in [1.82, 2.24) is 30.1 Å². The fraction of sp³-hybridized carbons (Fsp3) is 0.441. The summed E-state index contributed by atoms with van der Waals surface area (Å²) in [5.41, 5.74) is 2.70. The monoisotopic (exact) mass is 672 g/mol. The van der Waals surface area contributed by atoms with Crippen molar-refractivity contribution >= 4 is 46.7 Å². The normalized spacial score (nSPS) is 20.6. The summed E-state index contributed by atoms with van der Waals surface area (Å²) in [4.78, 5) is 68.0. The lowest BCUT2D eigenvalue weighted by atomic mass is 10.0. The van der Waals surface area contributed by atoms with Gasteiger partial charge in [-0.1, -0.05) is 19.4 Å². The highest BCUT2D eigenvalue weighted by atomic mass is 16.5. The summed E-state index contributed by atoms with van der Waals surface area (Å²) in [5, 5.41) is 16.3. The van der Waals surface area contributed by atoms with E-state index in [4.69, 9.17) is 9.47 Å². The first-order valence-corrected chi connectivity index (χ1v) is 16.7. The molecule has 49 heavy (non-hydrogen) atoms. The van der Waals surface area contributed by atoms with Gasteiger partial charge in [-0.3, -0.25) is 34.2 Å². The molecular weight excluding hydrogens is 632 g/mol. The second kappa shape index (κ2) is 15.3. The molecule has 258 valence electrons. The van der Waals surface area contributed by atoms with Gasteiger partial charge in [0.05, 0.1) is 36.8 Å². The van der Waals surface area contributed by atoms with Crippen molar-refractivity contribution < 1.29 is 33.4 Å². The van der Waals surface area contributed by atoms with Crippen LogP contribution in [-0.2, 0) is 30.3 Å². The summed E-state index contributed by atoms with van der Waals surface area (Å²) in [6.45, 7) is 3.28. The van der Waals surface area contributed by atoms with Gasteiger partial charge in [-0.15, -0.1) is 0 Å². The lowest BCUT2D eigenvalue weighted by molar-refractivity contribution is -0.136. The number of carbonyl (C=O) groups excluding carboxylic acids is 5. The Morgan fingerprint density at radius 2 is 1.92 bits per heavy atom. The SMILES string of the molecule is CCCc1cc(N[C@@H]2CC[C@@H](NC(=O)C=COCCOCCNc3cccc4c3C(=O)N(C3CCC(=O)NC3=O)C4=O)C2)n2nccc2n1. The van der Waals surface area contributed by atoms with E-state index in [0.717, 1.165) is 54.2 Å². The van der Waals surface area contributed by atoms with E-state index in [1.807, 2.05) is 10.6 Å². The molecule has 3 aliphatic rings. The van der Waals surface area contributed by atoms with Crippen molar-refractivity contribution in [3.8, 4) is 0 Å². The van der Waals surface area contributed by atoms with E-state index in [-0.39, 0.29) is 55.2 Å². The Morgan fingerprint density at radius 3 is 2.76 bits per heavy atom. The molecule has 15 nitrogen and oxygen atoms in total. The first kappa shape index (κ1) is 33.6. The number of imide groups is 2. The van der Waals surface area contributed by atoms with Gasteiger partial charge in [-0.25, -0.2) is 4.98 Å². The van der Waals surface area contributed by atoms with Crippen molar-refractivity contribution in [3.63, 3.8) is 0 Å². The fourth-order valence-electron chi connectivity index (χ4n) is 6.46. The van der Waals surface area contributed by atoms with Crippen LogP contribution in [0.15, 0.2) is 48.9 Å². The van der Waals surface area contributed by atoms with Crippen molar-refractivity contribution in [2.75, 3.05) is 37.0 Å². The second-order valence-corrected chi connectivity index (χ2v) is 12.2. The van der Waals surface area contributed by atoms with Crippen molar-refractivity contribution in [3.05, 3.63) is 65.7 Å². The summed E-state index contributed by atoms with van der Waals surface area (Å²) < 4.78 is 12.8. The Balaban J connectivity index is 0.871. The highest BCUT2D eigenvalue weighted by Crippen LogP contribution is 2.32. The van der Waals surface area contributed by atoms with E-state index in [2.05, 4.69) is 44.3 Å². The number of aromatic nitrogens is 3. The molecule has 0 spiro atoms. The number of piperidine rings is 1. The van der Waals surface area contributed by atoms with Crippen LogP contribution in [0.1, 0.15) is 71.9 Å². The number of benzene rings is 1. The predicted molar refractivity (Wildman–Crippen MR) is 178 cm³/mol. The molecule has 1 saturated carbocycles. The van der Waals surface area contributed by atoms with E-state index < -0.39 is 29.7 Å². The van der Waals surface area contributed by atoms with Crippen LogP contribution >= 0.6 is 0 Å². The lowest BCUT2D eigenvalue weighted by Gasteiger charge is -2.27. The topological polar surface area (TPSA) is 185 Å². The van der Waals surface area contributed by atoms with E-state index in [9.17, 15) is 24.0 Å². The number of amides is 5. The first-order valence-electron chi connectivity index (χ1n) is 16.7. The first-order chi connectivity index (χ1) is 23.8. The maximum absolute atomic E-state index is 13.2. The van der Waals surface area contributed by atoms with E-state index in [1.54, 1.807) is 24.4 Å². The third kappa shape index (κ3) is 7.72. The summed E-state index contributed by atoms with van der Waals surface area (Å²) >= 11 is 0. The molecule has 1 aromatic carbocycles. The molecule has 1 unspecified atom stereocenters. The quantitative estimate of drug-likeness (QED) is 0.0803. The molecule has 15 heteroatoms. The molecule has 0 radical (unpaired) electrons. The average Bonchev–Trinajstić information content (AvgIpc) is 3.79. The minimum Gasteiger partial charge on any atom is -0.499 e. The van der Waals surface area contributed by atoms with Crippen LogP contribution in [0, 0.1) is 0 Å². The third-order valence-corrected chi connectivity index (χ3v) is 8.74. The van der Waals surface area contributed by atoms with Gasteiger partial charge in [0.15, 0.2) is 5.65 Å². The van der Waals surface area contributed by atoms with Gasteiger partial charge in [0, 0.05) is 54.6 Å². The maximum Gasteiger partial charge on any atom is 0.264 e. The van der Waals surface area contributed by atoms with Crippen LogP contribution in [0.2, 0.25) is 0 Å². The number of rotatable bonds is 15. The Labute approximate surface area is 282 Å². The van der Waals surface area contributed by atoms with Gasteiger partial charge in [0.2, 0.25) is 17.7 Å². The smallest absolute Gasteiger partial charge is 0.264 e. The summed E-state index contributed by atoms with van der Waals surface area (Å²) in [7, 11) is 0. The summed E-state index contributed by atoms with van der Waals surface area (Å²) in [6.07, 6.45) is 9.11. The minimum absolute atomic E-state index is 0.0512. The van der Waals surface area contributed by atoms with Crippen LogP contribution < -0.4 is 21.3 Å². The number of nitrogens with one attached hydrogen (secondary N) is 4. The number of carbonyl (C=O) groups is 5. The molecule has 4 heterocycles. The summed E-state index contributed by atoms with van der Waals surface area (Å²) in [5.74, 6) is -1.52. The molecule has 3 atom stereocenters. The molecule has 1 aliphatic carbocycles. The standard InChI is InChI=1S/C34H40N8O7/c1-2-4-21-20-28(42-27(37-21)11-13-36-42)38-22-7-8-23(19-22)39-30(44)12-15-48-17-18-49-16-14-35-25-6-3-5-24-31(25)34(47)41(33(24)46)26-9-10-29(43)40-32(26)45/h3,5-6,11-13,15,20,22-23,26,35,38H,2,4,7-10,14,16-19H2,1H3,(H,39,44)(H,40,43,45)/t22-,23-,26?/m1/s1. The van der Waals surface area contributed by atoms with Gasteiger partial charge in [0.25, 0.3) is 11.8 Å². The number of hydrogen-bond acceptors (Lipinski definition) is 11. The average molecular weight is 673 g/mol. The highest BCUT2D eigenvalue weighted by molar-refractivity contribution is 6.25. The molecule has 3 aromatic rings. The minimum atomic E-state index is -1.02. The van der Waals surface area contributed by atoms with E-state index >= 15 is 0 Å².